The number of pyridine rings is 1. The summed E-state index contributed by atoms with van der Waals surface area (Å²) in [7, 11) is 0. The van der Waals surface area contributed by atoms with Crippen LogP contribution in [-0.2, 0) is 0 Å². The minimum absolute atomic E-state index is 0.00750. The van der Waals surface area contributed by atoms with E-state index in [-0.39, 0.29) is 5.78 Å². The molecule has 1 heterocycles. The predicted octanol–water partition coefficient (Wildman–Crippen LogP) is 2.63. The zero-order chi connectivity index (χ0) is 9.84. The van der Waals surface area contributed by atoms with Gasteiger partial charge in [-0.05, 0) is 25.5 Å². The minimum Gasteiger partial charge on any atom is -0.293 e. The molecule has 0 amide bonds. The first-order chi connectivity index (χ1) is 6.15. The molecule has 0 fully saturated rings. The molecule has 0 N–H and O–H groups in total. The molecule has 2 nitrogen and oxygen atoms in total. The molecule has 0 saturated heterocycles. The van der Waals surface area contributed by atoms with Crippen LogP contribution in [0, 0.1) is 6.92 Å². The van der Waals surface area contributed by atoms with Crippen molar-refractivity contribution in [2.24, 2.45) is 0 Å². The van der Waals surface area contributed by atoms with Crippen LogP contribution in [0.2, 0.25) is 0 Å². The normalized spacial score (nSPS) is 10.7. The summed E-state index contributed by atoms with van der Waals surface area (Å²) in [5, 5.41) is 0. The SMILES string of the molecule is CC=Cc1cc(C)cnc1C(C)=O. The largest absolute Gasteiger partial charge is 0.293 e. The molecule has 0 bridgehead atoms. The van der Waals surface area contributed by atoms with Crippen molar-refractivity contribution in [3.63, 3.8) is 0 Å². The highest BCUT2D eigenvalue weighted by Crippen LogP contribution is 2.10. The van der Waals surface area contributed by atoms with Gasteiger partial charge in [-0.25, -0.2) is 0 Å². The molecule has 0 atom stereocenters. The van der Waals surface area contributed by atoms with Crippen molar-refractivity contribution in [1.29, 1.82) is 0 Å². The Hall–Kier alpha value is -1.44. The van der Waals surface area contributed by atoms with E-state index in [9.17, 15) is 4.79 Å². The van der Waals surface area contributed by atoms with Gasteiger partial charge in [0, 0.05) is 18.7 Å². The maximum absolute atomic E-state index is 11.2. The van der Waals surface area contributed by atoms with Crippen molar-refractivity contribution >= 4 is 11.9 Å². The summed E-state index contributed by atoms with van der Waals surface area (Å²) < 4.78 is 0. The highest BCUT2D eigenvalue weighted by molar-refractivity contribution is 5.95. The van der Waals surface area contributed by atoms with Gasteiger partial charge in [-0.2, -0.15) is 0 Å². The van der Waals surface area contributed by atoms with E-state index in [2.05, 4.69) is 4.98 Å². The lowest BCUT2D eigenvalue weighted by atomic mass is 10.1. The van der Waals surface area contributed by atoms with E-state index in [1.54, 1.807) is 6.20 Å². The van der Waals surface area contributed by atoms with E-state index in [0.29, 0.717) is 5.69 Å². The van der Waals surface area contributed by atoms with Gasteiger partial charge in [-0.1, -0.05) is 12.2 Å². The number of nitrogens with zero attached hydrogens (tertiary/aromatic N) is 1. The third-order valence-electron chi connectivity index (χ3n) is 1.73. The number of rotatable bonds is 2. The molecular weight excluding hydrogens is 162 g/mol. The fourth-order valence-electron chi connectivity index (χ4n) is 1.19. The number of aryl methyl sites for hydroxylation is 1. The first kappa shape index (κ1) is 9.65. The summed E-state index contributed by atoms with van der Waals surface area (Å²) in [6, 6.07) is 1.96. The Morgan fingerprint density at radius 1 is 1.54 bits per heavy atom. The second-order valence-corrected chi connectivity index (χ2v) is 3.01. The molecule has 0 unspecified atom stereocenters. The number of hydrogen-bond acceptors (Lipinski definition) is 2. The van der Waals surface area contributed by atoms with Crippen molar-refractivity contribution in [2.45, 2.75) is 20.8 Å². The van der Waals surface area contributed by atoms with Crippen LogP contribution in [0.1, 0.15) is 35.5 Å². The quantitative estimate of drug-likeness (QED) is 0.647. The van der Waals surface area contributed by atoms with Gasteiger partial charge in [0.2, 0.25) is 0 Å². The lowest BCUT2D eigenvalue weighted by molar-refractivity contribution is 0.101. The Morgan fingerprint density at radius 2 is 2.23 bits per heavy atom. The number of Topliss-reactive ketones (excluding diaryl/α,β-unsaturated/α-hetero) is 1. The van der Waals surface area contributed by atoms with Gasteiger partial charge in [0.05, 0.1) is 0 Å². The van der Waals surface area contributed by atoms with Gasteiger partial charge in [-0.15, -0.1) is 0 Å². The smallest absolute Gasteiger partial charge is 0.178 e. The van der Waals surface area contributed by atoms with Gasteiger partial charge < -0.3 is 0 Å². The molecule has 0 radical (unpaired) electrons. The molecule has 1 rings (SSSR count). The zero-order valence-electron chi connectivity index (χ0n) is 8.16. The molecule has 68 valence electrons. The Bertz CT molecular complexity index is 353. The Labute approximate surface area is 78.3 Å². The molecule has 13 heavy (non-hydrogen) atoms. The van der Waals surface area contributed by atoms with E-state index in [1.807, 2.05) is 32.1 Å². The first-order valence-corrected chi connectivity index (χ1v) is 4.25. The van der Waals surface area contributed by atoms with Gasteiger partial charge in [0.25, 0.3) is 0 Å². The van der Waals surface area contributed by atoms with E-state index in [1.165, 1.54) is 6.92 Å². The molecule has 0 aliphatic carbocycles. The molecule has 2 heteroatoms. The van der Waals surface area contributed by atoms with Gasteiger partial charge >= 0.3 is 0 Å². The average Bonchev–Trinajstić information content (AvgIpc) is 2.04. The molecule has 0 aromatic carbocycles. The molecule has 0 spiro atoms. The van der Waals surface area contributed by atoms with Crippen molar-refractivity contribution in [3.8, 4) is 0 Å². The van der Waals surface area contributed by atoms with Gasteiger partial charge in [-0.3, -0.25) is 9.78 Å². The topological polar surface area (TPSA) is 30.0 Å². The van der Waals surface area contributed by atoms with E-state index in [4.69, 9.17) is 0 Å². The summed E-state index contributed by atoms with van der Waals surface area (Å²) in [5.74, 6) is 0.00750. The van der Waals surface area contributed by atoms with Crippen LogP contribution in [0.25, 0.3) is 6.08 Å². The maximum atomic E-state index is 11.2. The summed E-state index contributed by atoms with van der Waals surface area (Å²) >= 11 is 0. The summed E-state index contributed by atoms with van der Waals surface area (Å²) in [6.07, 6.45) is 5.52. The number of ketones is 1. The van der Waals surface area contributed by atoms with Crippen molar-refractivity contribution in [3.05, 3.63) is 35.2 Å². The monoisotopic (exact) mass is 175 g/mol. The fourth-order valence-corrected chi connectivity index (χ4v) is 1.19. The molecule has 0 aliphatic heterocycles. The van der Waals surface area contributed by atoms with E-state index < -0.39 is 0 Å². The first-order valence-electron chi connectivity index (χ1n) is 4.25. The van der Waals surface area contributed by atoms with Crippen LogP contribution in [0.3, 0.4) is 0 Å². The molecular formula is C11H13NO. The maximum Gasteiger partial charge on any atom is 0.178 e. The van der Waals surface area contributed by atoms with Crippen LogP contribution in [0.15, 0.2) is 18.3 Å². The number of carbonyl (C=O) groups is 1. The standard InChI is InChI=1S/C11H13NO/c1-4-5-10-6-8(2)7-12-11(10)9(3)13/h4-7H,1-3H3. The van der Waals surface area contributed by atoms with E-state index >= 15 is 0 Å². The number of hydrogen-bond donors (Lipinski definition) is 0. The lowest BCUT2D eigenvalue weighted by Gasteiger charge is -2.01. The zero-order valence-corrected chi connectivity index (χ0v) is 8.16. The fraction of sp³-hybridized carbons (Fsp3) is 0.273. The van der Waals surface area contributed by atoms with Crippen molar-refractivity contribution in [2.75, 3.05) is 0 Å². The average molecular weight is 175 g/mol. The summed E-state index contributed by atoms with van der Waals surface area (Å²) in [4.78, 5) is 15.3. The number of carbonyl (C=O) groups excluding carboxylic acids is 1. The van der Waals surface area contributed by atoms with Crippen molar-refractivity contribution < 1.29 is 4.79 Å². The van der Waals surface area contributed by atoms with E-state index in [0.717, 1.165) is 11.1 Å². The third kappa shape index (κ3) is 2.25. The second-order valence-electron chi connectivity index (χ2n) is 3.01. The van der Waals surface area contributed by atoms with Crippen LogP contribution in [0.4, 0.5) is 0 Å². The predicted molar refractivity (Wildman–Crippen MR) is 53.7 cm³/mol. The second kappa shape index (κ2) is 3.99. The molecule has 0 aliphatic rings. The van der Waals surface area contributed by atoms with Crippen LogP contribution in [-0.4, -0.2) is 10.8 Å². The molecule has 1 aromatic rings. The van der Waals surface area contributed by atoms with Crippen LogP contribution in [0.5, 0.6) is 0 Å². The van der Waals surface area contributed by atoms with Crippen molar-refractivity contribution in [1.82, 2.24) is 4.98 Å². The van der Waals surface area contributed by atoms with Crippen LogP contribution < -0.4 is 0 Å². The highest BCUT2D eigenvalue weighted by Gasteiger charge is 2.05. The highest BCUT2D eigenvalue weighted by atomic mass is 16.1. The number of allylic oxidation sites excluding steroid dienone is 1. The Kier molecular flexibility index (Phi) is 2.96. The third-order valence-corrected chi connectivity index (χ3v) is 1.73. The molecule has 0 saturated carbocycles. The Morgan fingerprint density at radius 3 is 2.77 bits per heavy atom. The lowest BCUT2D eigenvalue weighted by Crippen LogP contribution is -2.00. The summed E-state index contributed by atoms with van der Waals surface area (Å²) in [5.41, 5.74) is 2.51. The minimum atomic E-state index is 0.00750. The summed E-state index contributed by atoms with van der Waals surface area (Å²) in [6.45, 7) is 5.42. The van der Waals surface area contributed by atoms with Gasteiger partial charge in [0.15, 0.2) is 5.78 Å². The van der Waals surface area contributed by atoms with Gasteiger partial charge in [0.1, 0.15) is 5.69 Å². The Balaban J connectivity index is 3.26. The van der Waals surface area contributed by atoms with Crippen LogP contribution >= 0.6 is 0 Å². The number of aromatic nitrogens is 1. The molecule has 1 aromatic heterocycles.